The van der Waals surface area contributed by atoms with Gasteiger partial charge < -0.3 is 4.74 Å². The molecule has 0 fully saturated rings. The molecule has 0 unspecified atom stereocenters. The average molecular weight is 326 g/mol. The van der Waals surface area contributed by atoms with Crippen LogP contribution in [0.3, 0.4) is 0 Å². The summed E-state index contributed by atoms with van der Waals surface area (Å²) in [5, 5.41) is 0.752. The van der Waals surface area contributed by atoms with E-state index in [1.807, 2.05) is 18.2 Å². The molecule has 1 nitrogen and oxygen atoms in total. The minimum absolute atomic E-state index is 0.747. The van der Waals surface area contributed by atoms with Gasteiger partial charge in [-0.2, -0.15) is 0 Å². The first kappa shape index (κ1) is 13.6. The molecule has 2 aromatic carbocycles. The first-order chi connectivity index (χ1) is 8.72. The smallest absolute Gasteiger partial charge is 0.0626 e. The van der Waals surface area contributed by atoms with Crippen LogP contribution in [0.15, 0.2) is 46.9 Å². The van der Waals surface area contributed by atoms with Gasteiger partial charge in [-0.25, -0.2) is 0 Å². The molecule has 0 bridgehead atoms. The number of benzene rings is 2. The van der Waals surface area contributed by atoms with Crippen LogP contribution in [0.4, 0.5) is 0 Å². The van der Waals surface area contributed by atoms with Gasteiger partial charge in [0.2, 0.25) is 0 Å². The maximum Gasteiger partial charge on any atom is 0.0626 e. The monoisotopic (exact) mass is 324 g/mol. The second-order valence-corrected chi connectivity index (χ2v) is 5.27. The maximum atomic E-state index is 6.28. The van der Waals surface area contributed by atoms with Crippen molar-refractivity contribution in [2.24, 2.45) is 0 Å². The number of hydrogen-bond acceptors (Lipinski definition) is 1. The van der Waals surface area contributed by atoms with Crippen molar-refractivity contribution in [1.82, 2.24) is 0 Å². The molecule has 0 atom stereocenters. The summed E-state index contributed by atoms with van der Waals surface area (Å²) in [6, 6.07) is 14.4. The Kier molecular flexibility index (Phi) is 4.81. The molecule has 2 aromatic rings. The minimum Gasteiger partial charge on any atom is -0.384 e. The lowest BCUT2D eigenvalue weighted by atomic mass is 10.0. The summed E-state index contributed by atoms with van der Waals surface area (Å²) < 4.78 is 5.99. The predicted octanol–water partition coefficient (Wildman–Crippen LogP) is 4.96. The van der Waals surface area contributed by atoms with Crippen LogP contribution < -0.4 is 0 Å². The van der Waals surface area contributed by atoms with E-state index in [1.54, 1.807) is 7.11 Å². The van der Waals surface area contributed by atoms with Crippen molar-refractivity contribution < 1.29 is 4.74 Å². The predicted molar refractivity (Wildman–Crippen MR) is 80.2 cm³/mol. The van der Waals surface area contributed by atoms with Crippen LogP contribution in [0, 0.1) is 0 Å². The van der Waals surface area contributed by atoms with Crippen LogP contribution in [-0.2, 0) is 11.2 Å². The summed E-state index contributed by atoms with van der Waals surface area (Å²) in [6.07, 6.45) is 0.934. The fourth-order valence-electron chi connectivity index (χ4n) is 1.80. The molecule has 0 saturated heterocycles. The van der Waals surface area contributed by atoms with Crippen LogP contribution in [-0.4, -0.2) is 13.7 Å². The maximum absolute atomic E-state index is 6.28. The van der Waals surface area contributed by atoms with Crippen molar-refractivity contribution in [3.05, 3.63) is 57.5 Å². The lowest BCUT2D eigenvalue weighted by Gasteiger charge is -2.07. The third-order valence-corrected chi connectivity index (χ3v) is 4.11. The van der Waals surface area contributed by atoms with Gasteiger partial charge in [0.15, 0.2) is 0 Å². The Morgan fingerprint density at radius 3 is 2.50 bits per heavy atom. The first-order valence-corrected chi connectivity index (χ1v) is 6.91. The quantitative estimate of drug-likeness (QED) is 0.772. The zero-order valence-corrected chi connectivity index (χ0v) is 12.5. The lowest BCUT2D eigenvalue weighted by Crippen LogP contribution is -1.93. The topological polar surface area (TPSA) is 9.23 Å². The molecule has 0 aliphatic carbocycles. The van der Waals surface area contributed by atoms with E-state index in [0.29, 0.717) is 0 Å². The zero-order chi connectivity index (χ0) is 13.0. The summed E-state index contributed by atoms with van der Waals surface area (Å²) in [6.45, 7) is 0.747. The van der Waals surface area contributed by atoms with Gasteiger partial charge in [-0.1, -0.05) is 48.0 Å². The van der Waals surface area contributed by atoms with Crippen LogP contribution in [0.5, 0.6) is 0 Å². The van der Waals surface area contributed by atoms with Gasteiger partial charge in [0.05, 0.1) is 11.6 Å². The molecule has 0 aliphatic heterocycles. The molecule has 0 saturated carbocycles. The summed E-state index contributed by atoms with van der Waals surface area (Å²) >= 11 is 9.73. The molecule has 0 spiro atoms. The van der Waals surface area contributed by atoms with E-state index in [1.165, 1.54) is 5.56 Å². The summed E-state index contributed by atoms with van der Waals surface area (Å²) in [7, 11) is 1.72. The normalized spacial score (nSPS) is 10.6. The number of rotatable bonds is 4. The van der Waals surface area contributed by atoms with Gasteiger partial charge in [0, 0.05) is 17.1 Å². The molecular weight excluding hydrogens is 312 g/mol. The van der Waals surface area contributed by atoms with Crippen LogP contribution in [0.25, 0.3) is 11.1 Å². The summed E-state index contributed by atoms with van der Waals surface area (Å²) in [5.74, 6) is 0. The third kappa shape index (κ3) is 3.14. The molecule has 0 N–H and O–H groups in total. The van der Waals surface area contributed by atoms with Crippen molar-refractivity contribution in [1.29, 1.82) is 0 Å². The minimum atomic E-state index is 0.747. The Morgan fingerprint density at radius 2 is 1.83 bits per heavy atom. The van der Waals surface area contributed by atoms with Gasteiger partial charge in [0.1, 0.15) is 0 Å². The fourth-order valence-corrected chi connectivity index (χ4v) is 2.40. The molecule has 0 aliphatic rings. The molecule has 3 heteroatoms. The van der Waals surface area contributed by atoms with E-state index in [4.69, 9.17) is 16.3 Å². The van der Waals surface area contributed by atoms with E-state index >= 15 is 0 Å². The van der Waals surface area contributed by atoms with Crippen molar-refractivity contribution in [2.75, 3.05) is 13.7 Å². The van der Waals surface area contributed by atoms with E-state index < -0.39 is 0 Å². The molecule has 94 valence electrons. The Balaban J connectivity index is 2.26. The Labute approximate surface area is 121 Å². The largest absolute Gasteiger partial charge is 0.384 e. The molecule has 0 aromatic heterocycles. The van der Waals surface area contributed by atoms with Gasteiger partial charge in [0.25, 0.3) is 0 Å². The van der Waals surface area contributed by atoms with E-state index in [9.17, 15) is 0 Å². The fraction of sp³-hybridized carbons (Fsp3) is 0.200. The molecule has 0 radical (unpaired) electrons. The van der Waals surface area contributed by atoms with Gasteiger partial charge >= 0.3 is 0 Å². The van der Waals surface area contributed by atoms with Crippen LogP contribution >= 0.6 is 27.5 Å². The molecule has 18 heavy (non-hydrogen) atoms. The van der Waals surface area contributed by atoms with Crippen molar-refractivity contribution in [2.45, 2.75) is 6.42 Å². The highest BCUT2D eigenvalue weighted by Gasteiger charge is 2.06. The van der Waals surface area contributed by atoms with E-state index in [2.05, 4.69) is 40.2 Å². The summed E-state index contributed by atoms with van der Waals surface area (Å²) in [5.41, 5.74) is 3.44. The average Bonchev–Trinajstić information content (AvgIpc) is 2.40. The zero-order valence-electron chi connectivity index (χ0n) is 10.1. The van der Waals surface area contributed by atoms with Crippen molar-refractivity contribution >= 4 is 27.5 Å². The second-order valence-electron chi connectivity index (χ2n) is 4.04. The molecule has 2 rings (SSSR count). The number of methoxy groups -OCH3 is 1. The van der Waals surface area contributed by atoms with Crippen LogP contribution in [0.2, 0.25) is 5.02 Å². The molecular formula is C15H14BrClO. The van der Waals surface area contributed by atoms with Crippen LogP contribution in [0.1, 0.15) is 5.56 Å². The van der Waals surface area contributed by atoms with E-state index in [0.717, 1.165) is 33.6 Å². The summed E-state index contributed by atoms with van der Waals surface area (Å²) in [4.78, 5) is 0. The standard InChI is InChI=1S/C15H14BrClO/c1-18-10-9-11-5-7-12(8-6-11)13-3-2-4-14(16)15(13)17/h2-8H,9-10H2,1H3. The Bertz CT molecular complexity index is 523. The molecule has 0 amide bonds. The Hall–Kier alpha value is -0.830. The number of ether oxygens (including phenoxy) is 1. The number of hydrogen-bond donors (Lipinski definition) is 0. The van der Waals surface area contributed by atoms with Gasteiger partial charge in [-0.15, -0.1) is 0 Å². The van der Waals surface area contributed by atoms with E-state index in [-0.39, 0.29) is 0 Å². The second kappa shape index (κ2) is 6.37. The Morgan fingerprint density at radius 1 is 1.11 bits per heavy atom. The highest BCUT2D eigenvalue weighted by molar-refractivity contribution is 9.10. The lowest BCUT2D eigenvalue weighted by molar-refractivity contribution is 0.202. The third-order valence-electron chi connectivity index (χ3n) is 2.81. The van der Waals surface area contributed by atoms with Gasteiger partial charge in [-0.05, 0) is 39.5 Å². The highest BCUT2D eigenvalue weighted by atomic mass is 79.9. The SMILES string of the molecule is COCCc1ccc(-c2cccc(Br)c2Cl)cc1. The first-order valence-electron chi connectivity index (χ1n) is 5.74. The van der Waals surface area contributed by atoms with Crippen molar-refractivity contribution in [3.8, 4) is 11.1 Å². The number of halogens is 2. The molecule has 0 heterocycles. The van der Waals surface area contributed by atoms with Crippen molar-refractivity contribution in [3.63, 3.8) is 0 Å². The van der Waals surface area contributed by atoms with Gasteiger partial charge in [-0.3, -0.25) is 0 Å². The highest BCUT2D eigenvalue weighted by Crippen LogP contribution is 2.33.